The summed E-state index contributed by atoms with van der Waals surface area (Å²) < 4.78 is 17.0. The lowest BCUT2D eigenvalue weighted by Gasteiger charge is -2.27. The van der Waals surface area contributed by atoms with Gasteiger partial charge in [-0.15, -0.1) is 0 Å². The maximum Gasteiger partial charge on any atom is 0.410 e. The van der Waals surface area contributed by atoms with Crippen molar-refractivity contribution in [3.05, 3.63) is 29.3 Å². The minimum Gasteiger partial charge on any atom is -0.493 e. The van der Waals surface area contributed by atoms with Crippen molar-refractivity contribution in [3.8, 4) is 11.5 Å². The van der Waals surface area contributed by atoms with E-state index in [9.17, 15) is 4.79 Å². The minimum atomic E-state index is -0.294. The maximum absolute atomic E-state index is 11.8. The normalized spacial score (nSPS) is 26.0. The number of rotatable bonds is 3. The summed E-state index contributed by atoms with van der Waals surface area (Å²) in [5.41, 5.74) is 2.04. The minimum absolute atomic E-state index is 0.188. The van der Waals surface area contributed by atoms with Gasteiger partial charge >= 0.3 is 6.09 Å². The number of methoxy groups -OCH3 is 1. The maximum atomic E-state index is 11.8. The van der Waals surface area contributed by atoms with Crippen molar-refractivity contribution in [2.24, 2.45) is 0 Å². The van der Waals surface area contributed by atoms with Crippen LogP contribution in [-0.4, -0.2) is 68.4 Å². The van der Waals surface area contributed by atoms with Crippen molar-refractivity contribution in [2.45, 2.75) is 24.9 Å². The van der Waals surface area contributed by atoms with E-state index in [1.165, 1.54) is 5.57 Å². The van der Waals surface area contributed by atoms with E-state index in [2.05, 4.69) is 17.0 Å². The number of benzene rings is 1. The Morgan fingerprint density at radius 2 is 2.15 bits per heavy atom. The van der Waals surface area contributed by atoms with Gasteiger partial charge in [0.1, 0.15) is 12.2 Å². The third-order valence-electron chi connectivity index (χ3n) is 5.55. The van der Waals surface area contributed by atoms with Crippen LogP contribution in [0.25, 0.3) is 6.08 Å². The molecule has 0 N–H and O–H groups in total. The first-order valence-electron chi connectivity index (χ1n) is 9.24. The van der Waals surface area contributed by atoms with Crippen molar-refractivity contribution < 1.29 is 19.0 Å². The predicted octanol–water partition coefficient (Wildman–Crippen LogP) is 2.78. The molecule has 1 aromatic carbocycles. The van der Waals surface area contributed by atoms with Crippen LogP contribution in [0.5, 0.6) is 11.5 Å². The molecule has 0 radical (unpaired) electrons. The van der Waals surface area contributed by atoms with E-state index < -0.39 is 0 Å². The molecule has 140 valence electrons. The van der Waals surface area contributed by atoms with Crippen molar-refractivity contribution in [1.29, 1.82) is 0 Å². The summed E-state index contributed by atoms with van der Waals surface area (Å²) in [5, 5.41) is 0. The summed E-state index contributed by atoms with van der Waals surface area (Å²) in [7, 11) is 3.48. The van der Waals surface area contributed by atoms with E-state index in [1.807, 2.05) is 19.2 Å². The van der Waals surface area contributed by atoms with Crippen molar-refractivity contribution in [1.82, 2.24) is 9.80 Å². The van der Waals surface area contributed by atoms with Crippen molar-refractivity contribution >= 4 is 12.2 Å². The van der Waals surface area contributed by atoms with Crippen LogP contribution in [0.2, 0.25) is 0 Å². The monoisotopic (exact) mass is 358 g/mol. The quantitative estimate of drug-likeness (QED) is 0.832. The summed E-state index contributed by atoms with van der Waals surface area (Å²) in [4.78, 5) is 15.9. The number of ether oxygens (including phenoxy) is 3. The number of likely N-dealkylation sites (tertiary alicyclic amines) is 1. The van der Waals surface area contributed by atoms with E-state index >= 15 is 0 Å². The molecule has 0 aromatic heterocycles. The largest absolute Gasteiger partial charge is 0.493 e. The molecular weight excluding hydrogens is 332 g/mol. The van der Waals surface area contributed by atoms with Crippen LogP contribution in [0, 0.1) is 0 Å². The van der Waals surface area contributed by atoms with Gasteiger partial charge in [0.05, 0.1) is 13.7 Å². The average molecular weight is 358 g/mol. The van der Waals surface area contributed by atoms with E-state index in [-0.39, 0.29) is 11.7 Å². The van der Waals surface area contributed by atoms with E-state index in [4.69, 9.17) is 14.2 Å². The molecule has 1 spiro atoms. The number of nitrogens with zero attached hydrogens (tertiary/aromatic N) is 2. The Bertz CT molecular complexity index is 733. The first kappa shape index (κ1) is 17.2. The van der Waals surface area contributed by atoms with Gasteiger partial charge in [-0.25, -0.2) is 4.79 Å². The molecule has 0 unspecified atom stereocenters. The van der Waals surface area contributed by atoms with Crippen molar-refractivity contribution in [2.75, 3.05) is 46.9 Å². The van der Waals surface area contributed by atoms with Gasteiger partial charge in [0, 0.05) is 32.1 Å². The Morgan fingerprint density at radius 3 is 2.92 bits per heavy atom. The molecule has 4 rings (SSSR count). The molecule has 0 bridgehead atoms. The van der Waals surface area contributed by atoms with E-state index in [1.54, 1.807) is 12.0 Å². The van der Waals surface area contributed by atoms with Crippen LogP contribution in [0.1, 0.15) is 24.8 Å². The van der Waals surface area contributed by atoms with Crippen LogP contribution in [0.4, 0.5) is 4.79 Å². The topological polar surface area (TPSA) is 51.2 Å². The molecule has 2 fully saturated rings. The highest BCUT2D eigenvalue weighted by atomic mass is 16.6. The van der Waals surface area contributed by atoms with Crippen LogP contribution in [0.3, 0.4) is 0 Å². The molecule has 2 saturated heterocycles. The smallest absolute Gasteiger partial charge is 0.410 e. The molecular formula is C20H26N2O4. The Hall–Kier alpha value is -2.21. The number of para-hydroxylation sites is 1. The molecule has 1 atom stereocenters. The second-order valence-electron chi connectivity index (χ2n) is 7.51. The molecule has 6 heteroatoms. The van der Waals surface area contributed by atoms with Crippen molar-refractivity contribution in [3.63, 3.8) is 0 Å². The summed E-state index contributed by atoms with van der Waals surface area (Å²) in [6.07, 6.45) is 4.90. The van der Waals surface area contributed by atoms with Gasteiger partial charge in [0.2, 0.25) is 0 Å². The van der Waals surface area contributed by atoms with E-state index in [0.717, 1.165) is 56.0 Å². The van der Waals surface area contributed by atoms with Gasteiger partial charge in [-0.1, -0.05) is 12.1 Å². The van der Waals surface area contributed by atoms with Crippen LogP contribution < -0.4 is 9.47 Å². The Kier molecular flexibility index (Phi) is 4.53. The second kappa shape index (κ2) is 6.83. The summed E-state index contributed by atoms with van der Waals surface area (Å²) in [6.45, 7) is 4.14. The van der Waals surface area contributed by atoms with Gasteiger partial charge < -0.3 is 19.1 Å². The first-order valence-corrected chi connectivity index (χ1v) is 9.24. The highest BCUT2D eigenvalue weighted by molar-refractivity contribution is 5.70. The molecule has 6 nitrogen and oxygen atoms in total. The van der Waals surface area contributed by atoms with Crippen LogP contribution >= 0.6 is 0 Å². The predicted molar refractivity (Wildman–Crippen MR) is 98.6 cm³/mol. The number of hydrogen-bond donors (Lipinski definition) is 0. The molecule has 26 heavy (non-hydrogen) atoms. The molecule has 3 aliphatic rings. The highest BCUT2D eigenvalue weighted by Gasteiger charge is 2.44. The Labute approximate surface area is 154 Å². The fourth-order valence-corrected chi connectivity index (χ4v) is 4.20. The van der Waals surface area contributed by atoms with E-state index in [0.29, 0.717) is 13.2 Å². The number of amides is 1. The third kappa shape index (κ3) is 3.26. The summed E-state index contributed by atoms with van der Waals surface area (Å²) in [5.74, 6) is 1.61. The molecule has 1 aromatic rings. The second-order valence-corrected chi connectivity index (χ2v) is 7.51. The van der Waals surface area contributed by atoms with Gasteiger partial charge in [0.15, 0.2) is 11.5 Å². The molecule has 3 heterocycles. The highest BCUT2D eigenvalue weighted by Crippen LogP contribution is 2.36. The molecule has 1 amide bonds. The lowest BCUT2D eigenvalue weighted by Crippen LogP contribution is -2.35. The number of likely N-dealkylation sites (N-methyl/N-ethyl adjacent to an activating group) is 1. The number of hydrogen-bond acceptors (Lipinski definition) is 5. The van der Waals surface area contributed by atoms with Crippen LogP contribution in [-0.2, 0) is 4.74 Å². The molecule has 0 saturated carbocycles. The van der Waals surface area contributed by atoms with Crippen LogP contribution in [0.15, 0.2) is 23.8 Å². The summed E-state index contributed by atoms with van der Waals surface area (Å²) >= 11 is 0. The Morgan fingerprint density at radius 1 is 1.27 bits per heavy atom. The SMILES string of the molecule is COc1cccc2c1OCC(CN1CCC[C@]3(CC1)CN(C)C(=O)O3)=C2. The van der Waals surface area contributed by atoms with Gasteiger partial charge in [0.25, 0.3) is 0 Å². The fraction of sp³-hybridized carbons (Fsp3) is 0.550. The molecule has 0 aliphatic carbocycles. The fourth-order valence-electron chi connectivity index (χ4n) is 4.20. The number of carbonyl (C=O) groups is 1. The summed E-state index contributed by atoms with van der Waals surface area (Å²) in [6, 6.07) is 5.97. The van der Waals surface area contributed by atoms with Gasteiger partial charge in [-0.2, -0.15) is 0 Å². The standard InChI is InChI=1S/C20H26N2O4/c1-21-14-20(26-19(21)23)7-4-9-22(10-8-20)12-15-11-16-5-3-6-17(24-2)18(16)25-13-15/h3,5-6,11H,4,7-10,12-14H2,1-2H3/t20-/m0/s1. The zero-order valence-corrected chi connectivity index (χ0v) is 15.5. The van der Waals surface area contributed by atoms with Gasteiger partial charge in [-0.3, -0.25) is 4.90 Å². The zero-order valence-electron chi connectivity index (χ0n) is 15.5. The average Bonchev–Trinajstić information content (AvgIpc) is 2.79. The first-order chi connectivity index (χ1) is 12.6. The number of carbonyl (C=O) groups excluding carboxylic acids is 1. The number of fused-ring (bicyclic) bond motifs is 1. The third-order valence-corrected chi connectivity index (χ3v) is 5.55. The lowest BCUT2D eigenvalue weighted by atomic mass is 9.95. The Balaban J connectivity index is 1.42. The zero-order chi connectivity index (χ0) is 18.1. The van der Waals surface area contributed by atoms with Gasteiger partial charge in [-0.05, 0) is 37.1 Å². The lowest BCUT2D eigenvalue weighted by molar-refractivity contribution is 0.0447. The molecule has 3 aliphatic heterocycles.